The summed E-state index contributed by atoms with van der Waals surface area (Å²) >= 11 is 0. The second-order valence-corrected chi connectivity index (χ2v) is 3.30. The molecule has 4 nitrogen and oxygen atoms in total. The Balaban J connectivity index is 2.28. The van der Waals surface area contributed by atoms with Crippen LogP contribution in [0.5, 0.6) is 0 Å². The number of rotatable bonds is 2. The molecule has 3 N–H and O–H groups in total. The number of hydrogen-bond donors (Lipinski definition) is 2. The monoisotopic (exact) mass is 213 g/mol. The molecule has 0 radical (unpaired) electrons. The molecule has 80 valence electrons. The smallest absolute Gasteiger partial charge is 0.248 e. The number of carbonyl (C=O) groups is 1. The van der Waals surface area contributed by atoms with Crippen LogP contribution in [0.3, 0.4) is 0 Å². The highest BCUT2D eigenvalue weighted by Gasteiger charge is 2.03. The van der Waals surface area contributed by atoms with E-state index in [0.29, 0.717) is 5.56 Å². The van der Waals surface area contributed by atoms with Crippen LogP contribution in [-0.2, 0) is 0 Å². The van der Waals surface area contributed by atoms with Gasteiger partial charge in [-0.15, -0.1) is 0 Å². The number of nitrogens with two attached hydrogens (primary N) is 1. The molecule has 1 aliphatic heterocycles. The van der Waals surface area contributed by atoms with Crippen molar-refractivity contribution in [2.45, 2.75) is 0 Å². The molecule has 0 bridgehead atoms. The number of hydrazone groups is 1. The molecule has 0 aliphatic carbocycles. The lowest BCUT2D eigenvalue weighted by Crippen LogP contribution is -2.11. The average molecular weight is 213 g/mol. The fourth-order valence-electron chi connectivity index (χ4n) is 1.36. The van der Waals surface area contributed by atoms with Gasteiger partial charge in [-0.25, -0.2) is 0 Å². The van der Waals surface area contributed by atoms with Gasteiger partial charge in [0.15, 0.2) is 0 Å². The number of hydrogen-bond acceptors (Lipinski definition) is 3. The first-order valence-corrected chi connectivity index (χ1v) is 4.83. The molecule has 1 aliphatic rings. The Labute approximate surface area is 93.2 Å². The molecule has 1 aromatic carbocycles. The normalized spacial score (nSPS) is 13.9. The molecule has 0 fully saturated rings. The minimum absolute atomic E-state index is 0.424. The number of benzene rings is 1. The standard InChI is InChI=1S/C12H11N3O/c13-12(16)10-6-4-9(5-7-10)11-3-1-2-8-14-15-11/h1-8,15H,(H2,13,16). The highest BCUT2D eigenvalue weighted by Crippen LogP contribution is 2.13. The lowest BCUT2D eigenvalue weighted by Gasteiger charge is -2.05. The summed E-state index contributed by atoms with van der Waals surface area (Å²) in [5.74, 6) is -0.424. The summed E-state index contributed by atoms with van der Waals surface area (Å²) in [7, 11) is 0. The first-order valence-electron chi connectivity index (χ1n) is 4.83. The minimum atomic E-state index is -0.424. The van der Waals surface area contributed by atoms with Gasteiger partial charge in [0.1, 0.15) is 0 Å². The maximum Gasteiger partial charge on any atom is 0.248 e. The van der Waals surface area contributed by atoms with Crippen molar-refractivity contribution in [2.24, 2.45) is 10.8 Å². The molecule has 1 heterocycles. The lowest BCUT2D eigenvalue weighted by molar-refractivity contribution is 0.100. The molecule has 0 spiro atoms. The third-order valence-corrected chi connectivity index (χ3v) is 2.20. The minimum Gasteiger partial charge on any atom is -0.366 e. The fraction of sp³-hybridized carbons (Fsp3) is 0. The van der Waals surface area contributed by atoms with Gasteiger partial charge in [0, 0.05) is 11.8 Å². The van der Waals surface area contributed by atoms with Gasteiger partial charge in [-0.2, -0.15) is 5.10 Å². The van der Waals surface area contributed by atoms with Gasteiger partial charge in [0.25, 0.3) is 0 Å². The van der Waals surface area contributed by atoms with Crippen LogP contribution in [0.4, 0.5) is 0 Å². The van der Waals surface area contributed by atoms with Gasteiger partial charge < -0.3 is 5.73 Å². The Hall–Kier alpha value is -2.36. The molecule has 2 rings (SSSR count). The summed E-state index contributed by atoms with van der Waals surface area (Å²) in [5, 5.41) is 3.96. The van der Waals surface area contributed by atoms with Crippen molar-refractivity contribution in [3.05, 3.63) is 53.6 Å². The number of carbonyl (C=O) groups excluding carboxylic acids is 1. The third-order valence-electron chi connectivity index (χ3n) is 2.20. The van der Waals surface area contributed by atoms with E-state index in [1.54, 1.807) is 18.3 Å². The lowest BCUT2D eigenvalue weighted by atomic mass is 10.1. The van der Waals surface area contributed by atoms with E-state index in [9.17, 15) is 4.79 Å². The number of allylic oxidation sites excluding steroid dienone is 3. The van der Waals surface area contributed by atoms with Crippen molar-refractivity contribution >= 4 is 17.8 Å². The Bertz CT molecular complexity index is 483. The van der Waals surface area contributed by atoms with Gasteiger partial charge in [0.2, 0.25) is 5.91 Å². The van der Waals surface area contributed by atoms with E-state index in [2.05, 4.69) is 10.5 Å². The largest absolute Gasteiger partial charge is 0.366 e. The number of primary amides is 1. The predicted octanol–water partition coefficient (Wildman–Crippen LogP) is 1.27. The SMILES string of the molecule is NC(=O)c1ccc(C2=CC=CC=NN2)cc1. The maximum atomic E-state index is 10.9. The molecule has 0 atom stereocenters. The highest BCUT2D eigenvalue weighted by atomic mass is 16.1. The summed E-state index contributed by atoms with van der Waals surface area (Å²) in [6, 6.07) is 7.04. The van der Waals surface area contributed by atoms with Crippen molar-refractivity contribution in [3.63, 3.8) is 0 Å². The van der Waals surface area contributed by atoms with Crippen LogP contribution in [0.2, 0.25) is 0 Å². The first kappa shape index (κ1) is 10.2. The first-order chi connectivity index (χ1) is 7.77. The Morgan fingerprint density at radius 3 is 2.62 bits per heavy atom. The molecule has 1 aromatic rings. The quantitative estimate of drug-likeness (QED) is 0.776. The van der Waals surface area contributed by atoms with E-state index >= 15 is 0 Å². The molecule has 0 aromatic heterocycles. The number of nitrogens with one attached hydrogen (secondary N) is 1. The summed E-state index contributed by atoms with van der Waals surface area (Å²) < 4.78 is 0. The molecule has 0 saturated heterocycles. The molecular formula is C12H11N3O. The zero-order chi connectivity index (χ0) is 11.4. The summed E-state index contributed by atoms with van der Waals surface area (Å²) in [6.45, 7) is 0. The Morgan fingerprint density at radius 1 is 1.19 bits per heavy atom. The van der Waals surface area contributed by atoms with Gasteiger partial charge in [-0.1, -0.05) is 18.2 Å². The maximum absolute atomic E-state index is 10.9. The van der Waals surface area contributed by atoms with E-state index in [1.807, 2.05) is 30.4 Å². The summed E-state index contributed by atoms with van der Waals surface area (Å²) in [4.78, 5) is 10.9. The summed E-state index contributed by atoms with van der Waals surface area (Å²) in [5.41, 5.74) is 10.4. The second kappa shape index (κ2) is 4.44. The Kier molecular flexibility index (Phi) is 2.82. The van der Waals surface area contributed by atoms with E-state index in [0.717, 1.165) is 11.3 Å². The average Bonchev–Trinajstić information content (AvgIpc) is 2.57. The van der Waals surface area contributed by atoms with Crippen molar-refractivity contribution in [2.75, 3.05) is 0 Å². The van der Waals surface area contributed by atoms with Gasteiger partial charge >= 0.3 is 0 Å². The van der Waals surface area contributed by atoms with Crippen molar-refractivity contribution in [3.8, 4) is 0 Å². The molecule has 0 saturated carbocycles. The van der Waals surface area contributed by atoms with Gasteiger partial charge in [-0.3, -0.25) is 10.2 Å². The molecule has 0 unspecified atom stereocenters. The number of amides is 1. The van der Waals surface area contributed by atoms with Gasteiger partial charge in [-0.05, 0) is 29.8 Å². The zero-order valence-corrected chi connectivity index (χ0v) is 8.55. The molecule has 4 heteroatoms. The van der Waals surface area contributed by atoms with E-state index in [4.69, 9.17) is 5.73 Å². The van der Waals surface area contributed by atoms with Crippen LogP contribution in [0.25, 0.3) is 5.70 Å². The predicted molar refractivity (Wildman–Crippen MR) is 63.7 cm³/mol. The van der Waals surface area contributed by atoms with E-state index in [-0.39, 0.29) is 0 Å². The van der Waals surface area contributed by atoms with Crippen molar-refractivity contribution in [1.82, 2.24) is 5.43 Å². The fourth-order valence-corrected chi connectivity index (χ4v) is 1.36. The van der Waals surface area contributed by atoms with Crippen molar-refractivity contribution in [1.29, 1.82) is 0 Å². The molecular weight excluding hydrogens is 202 g/mol. The zero-order valence-electron chi connectivity index (χ0n) is 8.55. The van der Waals surface area contributed by atoms with E-state index in [1.165, 1.54) is 0 Å². The van der Waals surface area contributed by atoms with Crippen LogP contribution in [0, 0.1) is 0 Å². The van der Waals surface area contributed by atoms with Crippen LogP contribution < -0.4 is 11.2 Å². The van der Waals surface area contributed by atoms with E-state index < -0.39 is 5.91 Å². The molecule has 1 amide bonds. The third kappa shape index (κ3) is 2.17. The second-order valence-electron chi connectivity index (χ2n) is 3.30. The van der Waals surface area contributed by atoms with Crippen LogP contribution in [0.1, 0.15) is 15.9 Å². The van der Waals surface area contributed by atoms with Crippen LogP contribution >= 0.6 is 0 Å². The van der Waals surface area contributed by atoms with Crippen molar-refractivity contribution < 1.29 is 4.79 Å². The summed E-state index contributed by atoms with van der Waals surface area (Å²) in [6.07, 6.45) is 7.30. The molecule has 16 heavy (non-hydrogen) atoms. The van der Waals surface area contributed by atoms with Crippen LogP contribution in [-0.4, -0.2) is 12.1 Å². The topological polar surface area (TPSA) is 67.5 Å². The van der Waals surface area contributed by atoms with Crippen LogP contribution in [0.15, 0.2) is 47.6 Å². The van der Waals surface area contributed by atoms with Gasteiger partial charge in [0.05, 0.1) is 5.70 Å². The highest BCUT2D eigenvalue weighted by molar-refractivity contribution is 5.93. The number of nitrogens with zero attached hydrogens (tertiary/aromatic N) is 1. The Morgan fingerprint density at radius 2 is 1.94 bits per heavy atom.